The van der Waals surface area contributed by atoms with Gasteiger partial charge in [-0.15, -0.1) is 0 Å². The summed E-state index contributed by atoms with van der Waals surface area (Å²) in [6, 6.07) is -0.527. The minimum atomic E-state index is -0.527. The number of thiol groups is 1. The van der Waals surface area contributed by atoms with Gasteiger partial charge in [0.15, 0.2) is 0 Å². The molecule has 1 saturated heterocycles. The van der Waals surface area contributed by atoms with Crippen LogP contribution < -0.4 is 5.73 Å². The lowest BCUT2D eigenvalue weighted by molar-refractivity contribution is -0.135. The fraction of sp³-hybridized carbons (Fsp3) is 0.750. The van der Waals surface area contributed by atoms with Crippen LogP contribution in [-0.4, -0.2) is 60.1 Å². The van der Waals surface area contributed by atoms with Crippen molar-refractivity contribution in [3.63, 3.8) is 0 Å². The zero-order chi connectivity index (χ0) is 10.6. The number of nitrogens with zero attached hydrogens (tertiary/aromatic N) is 2. The number of amides is 2. The third-order valence-corrected chi connectivity index (χ3v) is 2.68. The average Bonchev–Trinajstić information content (AvgIpc) is 2.27. The largest absolute Gasteiger partial charge is 0.342 e. The molecule has 0 aromatic heterocycles. The normalized spacial score (nSPS) is 19.3. The van der Waals surface area contributed by atoms with E-state index in [1.54, 1.807) is 9.80 Å². The lowest BCUT2D eigenvalue weighted by Gasteiger charge is -2.33. The predicted octanol–water partition coefficient (Wildman–Crippen LogP) is -1.46. The topological polar surface area (TPSA) is 66.6 Å². The van der Waals surface area contributed by atoms with Crippen LogP contribution >= 0.6 is 12.6 Å². The Kier molecular flexibility index (Phi) is 4.21. The van der Waals surface area contributed by atoms with Crippen molar-refractivity contribution in [1.29, 1.82) is 0 Å². The summed E-state index contributed by atoms with van der Waals surface area (Å²) in [5.74, 6) is 0.276. The quantitative estimate of drug-likeness (QED) is 0.449. The van der Waals surface area contributed by atoms with Gasteiger partial charge in [-0.05, 0) is 0 Å². The number of rotatable bonds is 3. The summed E-state index contributed by atoms with van der Waals surface area (Å²) in [4.78, 5) is 25.3. The molecule has 1 fully saturated rings. The molecule has 5 nitrogen and oxygen atoms in total. The lowest BCUT2D eigenvalue weighted by atomic mass is 10.2. The first-order chi connectivity index (χ1) is 6.69. The molecule has 2 amide bonds. The Morgan fingerprint density at radius 2 is 2.00 bits per heavy atom. The summed E-state index contributed by atoms with van der Waals surface area (Å²) in [5, 5.41) is 0. The highest BCUT2D eigenvalue weighted by atomic mass is 32.1. The maximum atomic E-state index is 11.6. The van der Waals surface area contributed by atoms with Crippen molar-refractivity contribution in [2.45, 2.75) is 6.04 Å². The van der Waals surface area contributed by atoms with Gasteiger partial charge in [-0.2, -0.15) is 12.6 Å². The van der Waals surface area contributed by atoms with Crippen molar-refractivity contribution in [1.82, 2.24) is 9.80 Å². The van der Waals surface area contributed by atoms with E-state index in [-0.39, 0.29) is 5.91 Å². The van der Waals surface area contributed by atoms with Crippen LogP contribution in [0.2, 0.25) is 0 Å². The van der Waals surface area contributed by atoms with E-state index in [1.165, 1.54) is 0 Å². The predicted molar refractivity (Wildman–Crippen MR) is 56.0 cm³/mol. The molecular formula is C8H15N3O2S. The van der Waals surface area contributed by atoms with Crippen molar-refractivity contribution >= 4 is 24.9 Å². The molecule has 1 rings (SSSR count). The van der Waals surface area contributed by atoms with Crippen molar-refractivity contribution < 1.29 is 9.59 Å². The molecule has 80 valence electrons. The number of carbonyl (C=O) groups excluding carboxylic acids is 2. The average molecular weight is 217 g/mol. The molecule has 0 spiro atoms. The molecule has 6 heteroatoms. The molecule has 2 N–H and O–H groups in total. The van der Waals surface area contributed by atoms with Crippen LogP contribution in [0.5, 0.6) is 0 Å². The van der Waals surface area contributed by atoms with Gasteiger partial charge in [0.05, 0.1) is 6.04 Å². The van der Waals surface area contributed by atoms with Crippen molar-refractivity contribution in [3.8, 4) is 0 Å². The molecule has 1 unspecified atom stereocenters. The van der Waals surface area contributed by atoms with Gasteiger partial charge < -0.3 is 15.5 Å². The second kappa shape index (κ2) is 5.21. The van der Waals surface area contributed by atoms with Gasteiger partial charge >= 0.3 is 0 Å². The van der Waals surface area contributed by atoms with Crippen LogP contribution in [0.1, 0.15) is 0 Å². The minimum Gasteiger partial charge on any atom is -0.342 e. The lowest BCUT2D eigenvalue weighted by Crippen LogP contribution is -2.53. The standard InChI is InChI=1S/C8H15N3O2S/c9-7(5-14)8(13)11-3-1-10(6-12)2-4-11/h6-7,14H,1-5,9H2. The van der Waals surface area contributed by atoms with Crippen molar-refractivity contribution in [2.24, 2.45) is 5.73 Å². The maximum Gasteiger partial charge on any atom is 0.240 e. The molecule has 0 aromatic carbocycles. The molecule has 1 atom stereocenters. The van der Waals surface area contributed by atoms with Crippen LogP contribution in [0.3, 0.4) is 0 Å². The Balaban J connectivity index is 2.41. The summed E-state index contributed by atoms with van der Waals surface area (Å²) in [6.45, 7) is 2.32. The highest BCUT2D eigenvalue weighted by Crippen LogP contribution is 2.02. The number of nitrogens with two attached hydrogens (primary N) is 1. The number of piperazine rings is 1. The van der Waals surface area contributed by atoms with Crippen molar-refractivity contribution in [2.75, 3.05) is 31.9 Å². The number of hydrogen-bond donors (Lipinski definition) is 2. The van der Waals surface area contributed by atoms with E-state index in [1.807, 2.05) is 0 Å². The third-order valence-electron chi connectivity index (χ3n) is 2.29. The SMILES string of the molecule is NC(CS)C(=O)N1CCN(C=O)CC1. The molecule has 1 aliphatic heterocycles. The molecular weight excluding hydrogens is 202 g/mol. The van der Waals surface area contributed by atoms with Crippen LogP contribution in [0, 0.1) is 0 Å². The third kappa shape index (κ3) is 2.62. The van der Waals surface area contributed by atoms with Gasteiger partial charge in [0.2, 0.25) is 12.3 Å². The monoisotopic (exact) mass is 217 g/mol. The second-order valence-electron chi connectivity index (χ2n) is 3.26. The maximum absolute atomic E-state index is 11.6. The van der Waals surface area contributed by atoms with Gasteiger partial charge in [0, 0.05) is 31.9 Å². The van der Waals surface area contributed by atoms with E-state index in [0.29, 0.717) is 31.9 Å². The molecule has 14 heavy (non-hydrogen) atoms. The second-order valence-corrected chi connectivity index (χ2v) is 3.62. The Bertz CT molecular complexity index is 217. The smallest absolute Gasteiger partial charge is 0.240 e. The molecule has 0 aromatic rings. The summed E-state index contributed by atoms with van der Waals surface area (Å²) < 4.78 is 0. The van der Waals surface area contributed by atoms with Gasteiger partial charge in [0.25, 0.3) is 0 Å². The summed E-state index contributed by atoms with van der Waals surface area (Å²) in [6.07, 6.45) is 0.806. The Morgan fingerprint density at radius 3 is 2.43 bits per heavy atom. The van der Waals surface area contributed by atoms with Gasteiger partial charge in [0.1, 0.15) is 0 Å². The van der Waals surface area contributed by atoms with Gasteiger partial charge in [-0.25, -0.2) is 0 Å². The first-order valence-electron chi connectivity index (χ1n) is 4.53. The molecule has 0 aliphatic carbocycles. The first kappa shape index (κ1) is 11.3. The number of carbonyl (C=O) groups is 2. The van der Waals surface area contributed by atoms with E-state index in [4.69, 9.17) is 5.73 Å². The van der Waals surface area contributed by atoms with E-state index < -0.39 is 6.04 Å². The van der Waals surface area contributed by atoms with Gasteiger partial charge in [-0.1, -0.05) is 0 Å². The summed E-state index contributed by atoms with van der Waals surface area (Å²) >= 11 is 3.97. The first-order valence-corrected chi connectivity index (χ1v) is 5.17. The van der Waals surface area contributed by atoms with Gasteiger partial charge in [-0.3, -0.25) is 9.59 Å². The Labute approximate surface area is 88.6 Å². The van der Waals surface area contributed by atoms with E-state index in [2.05, 4.69) is 12.6 Å². The van der Waals surface area contributed by atoms with Crippen LogP contribution in [0.4, 0.5) is 0 Å². The van der Waals surface area contributed by atoms with Crippen LogP contribution in [0.25, 0.3) is 0 Å². The van der Waals surface area contributed by atoms with Crippen molar-refractivity contribution in [3.05, 3.63) is 0 Å². The van der Waals surface area contributed by atoms with E-state index in [9.17, 15) is 9.59 Å². The molecule has 1 aliphatic rings. The zero-order valence-electron chi connectivity index (χ0n) is 7.93. The Morgan fingerprint density at radius 1 is 1.43 bits per heavy atom. The summed E-state index contributed by atoms with van der Waals surface area (Å²) in [7, 11) is 0. The van der Waals surface area contributed by atoms with E-state index in [0.717, 1.165) is 6.41 Å². The highest BCUT2D eigenvalue weighted by molar-refractivity contribution is 7.80. The van der Waals surface area contributed by atoms with Crippen LogP contribution in [-0.2, 0) is 9.59 Å². The number of hydrogen-bond acceptors (Lipinski definition) is 4. The molecule has 0 radical (unpaired) electrons. The minimum absolute atomic E-state index is 0.0782. The fourth-order valence-corrected chi connectivity index (χ4v) is 1.52. The highest BCUT2D eigenvalue weighted by Gasteiger charge is 2.23. The Hall–Kier alpha value is -0.750. The van der Waals surface area contributed by atoms with Crippen LogP contribution in [0.15, 0.2) is 0 Å². The molecule has 0 bridgehead atoms. The summed E-state index contributed by atoms with van der Waals surface area (Å²) in [5.41, 5.74) is 5.56. The molecule has 0 saturated carbocycles. The zero-order valence-corrected chi connectivity index (χ0v) is 8.82. The molecule has 1 heterocycles. The van der Waals surface area contributed by atoms with E-state index >= 15 is 0 Å². The fourth-order valence-electron chi connectivity index (χ4n) is 1.36.